The first-order chi connectivity index (χ1) is 11.6. The van der Waals surface area contributed by atoms with Gasteiger partial charge in [0.15, 0.2) is 0 Å². The Morgan fingerprint density at radius 2 is 1.67 bits per heavy atom. The van der Waals surface area contributed by atoms with Crippen molar-refractivity contribution in [2.75, 3.05) is 10.6 Å². The third kappa shape index (κ3) is 3.70. The van der Waals surface area contributed by atoms with E-state index >= 15 is 0 Å². The summed E-state index contributed by atoms with van der Waals surface area (Å²) in [4.78, 5) is 26.5. The molecule has 3 N–H and O–H groups in total. The quantitative estimate of drug-likeness (QED) is 0.682. The van der Waals surface area contributed by atoms with E-state index < -0.39 is 0 Å². The first-order valence-corrected chi connectivity index (χ1v) is 7.55. The zero-order chi connectivity index (χ0) is 16.9. The molecule has 1 aromatic heterocycles. The minimum absolute atomic E-state index is 0.116. The van der Waals surface area contributed by atoms with Crippen molar-refractivity contribution < 1.29 is 9.59 Å². The second-order valence-corrected chi connectivity index (χ2v) is 5.37. The maximum atomic E-state index is 12.2. The van der Waals surface area contributed by atoms with Crippen molar-refractivity contribution in [3.63, 3.8) is 0 Å². The lowest BCUT2D eigenvalue weighted by Gasteiger charge is -2.05. The molecule has 0 saturated heterocycles. The van der Waals surface area contributed by atoms with Crippen molar-refractivity contribution in [3.8, 4) is 11.3 Å². The predicted octanol–water partition coefficient (Wildman–Crippen LogP) is 3.89. The summed E-state index contributed by atoms with van der Waals surface area (Å²) >= 11 is 0. The summed E-state index contributed by atoms with van der Waals surface area (Å²) in [6.07, 6.45) is 0. The molecule has 0 aliphatic heterocycles. The molecule has 0 spiro atoms. The van der Waals surface area contributed by atoms with Crippen LogP contribution >= 0.6 is 0 Å². The van der Waals surface area contributed by atoms with Crippen molar-refractivity contribution in [3.05, 3.63) is 72.3 Å². The van der Waals surface area contributed by atoms with E-state index in [0.717, 1.165) is 16.9 Å². The Morgan fingerprint density at radius 3 is 2.42 bits per heavy atom. The zero-order valence-electron chi connectivity index (χ0n) is 13.2. The Hall–Kier alpha value is -3.34. The van der Waals surface area contributed by atoms with Gasteiger partial charge >= 0.3 is 0 Å². The molecule has 0 aliphatic carbocycles. The highest BCUT2D eigenvalue weighted by atomic mass is 16.2. The zero-order valence-corrected chi connectivity index (χ0v) is 13.2. The predicted molar refractivity (Wildman–Crippen MR) is 94.9 cm³/mol. The number of hydrogen-bond acceptors (Lipinski definition) is 2. The molecule has 120 valence electrons. The van der Waals surface area contributed by atoms with Gasteiger partial charge in [0.2, 0.25) is 5.91 Å². The smallest absolute Gasteiger partial charge is 0.256 e. The molecule has 24 heavy (non-hydrogen) atoms. The second kappa shape index (κ2) is 6.83. The fourth-order valence-corrected chi connectivity index (χ4v) is 2.39. The average molecular weight is 319 g/mol. The van der Waals surface area contributed by atoms with Crippen molar-refractivity contribution in [1.29, 1.82) is 0 Å². The summed E-state index contributed by atoms with van der Waals surface area (Å²) in [6, 6.07) is 20.2. The minimum Gasteiger partial charge on any atom is -0.341 e. The van der Waals surface area contributed by atoms with Gasteiger partial charge in [-0.15, -0.1) is 0 Å². The summed E-state index contributed by atoms with van der Waals surface area (Å²) in [5, 5.41) is 5.58. The molecule has 5 heteroatoms. The fraction of sp³-hybridized carbons (Fsp3) is 0.0526. The molecule has 0 saturated carbocycles. The van der Waals surface area contributed by atoms with Crippen LogP contribution in [0.3, 0.4) is 0 Å². The number of anilines is 2. The molecular formula is C19H17N3O2. The number of amides is 2. The largest absolute Gasteiger partial charge is 0.341 e. The summed E-state index contributed by atoms with van der Waals surface area (Å²) in [7, 11) is 0. The number of nitrogens with one attached hydrogen (secondary N) is 3. The fourth-order valence-electron chi connectivity index (χ4n) is 2.39. The highest BCUT2D eigenvalue weighted by molar-refractivity contribution is 6.03. The lowest BCUT2D eigenvalue weighted by molar-refractivity contribution is -0.114. The van der Waals surface area contributed by atoms with Crippen LogP contribution in [0.1, 0.15) is 17.3 Å². The maximum Gasteiger partial charge on any atom is 0.256 e. The Morgan fingerprint density at radius 1 is 0.875 bits per heavy atom. The molecule has 0 radical (unpaired) electrons. The van der Waals surface area contributed by atoms with Gasteiger partial charge in [-0.2, -0.15) is 0 Å². The summed E-state index contributed by atoms with van der Waals surface area (Å²) in [6.45, 7) is 1.47. The molecule has 3 rings (SSSR count). The van der Waals surface area contributed by atoms with Crippen molar-refractivity contribution in [2.45, 2.75) is 6.92 Å². The molecule has 0 fully saturated rings. The van der Waals surface area contributed by atoms with Gasteiger partial charge in [-0.25, -0.2) is 0 Å². The monoisotopic (exact) mass is 319 g/mol. The normalized spacial score (nSPS) is 10.2. The molecular weight excluding hydrogens is 302 g/mol. The Kier molecular flexibility index (Phi) is 4.43. The molecule has 2 aromatic carbocycles. The first kappa shape index (κ1) is 15.6. The van der Waals surface area contributed by atoms with Gasteiger partial charge in [-0.1, -0.05) is 30.3 Å². The molecule has 3 aromatic rings. The van der Waals surface area contributed by atoms with Crippen LogP contribution in [0.4, 0.5) is 11.5 Å². The van der Waals surface area contributed by atoms with Crippen LogP contribution in [0.25, 0.3) is 11.3 Å². The van der Waals surface area contributed by atoms with Crippen LogP contribution in [0.2, 0.25) is 0 Å². The summed E-state index contributed by atoms with van der Waals surface area (Å²) in [5.41, 5.74) is 3.10. The number of carbonyl (C=O) groups excluding carboxylic acids is 2. The molecule has 2 amide bonds. The van der Waals surface area contributed by atoms with Crippen LogP contribution in [0, 0.1) is 0 Å². The van der Waals surface area contributed by atoms with Crippen LogP contribution in [-0.4, -0.2) is 16.8 Å². The number of benzene rings is 2. The van der Waals surface area contributed by atoms with Crippen LogP contribution in [0.5, 0.6) is 0 Å². The molecule has 0 aliphatic rings. The van der Waals surface area contributed by atoms with Gasteiger partial charge in [0.1, 0.15) is 5.82 Å². The standard InChI is InChI=1S/C19H17N3O2/c1-13(23)20-16-9-5-8-15(12-16)17-10-11-18(21-17)22-19(24)14-6-3-2-4-7-14/h2-12,21H,1H3,(H,20,23)(H,22,24). The van der Waals surface area contributed by atoms with Crippen LogP contribution in [0.15, 0.2) is 66.7 Å². The third-order valence-electron chi connectivity index (χ3n) is 3.46. The summed E-state index contributed by atoms with van der Waals surface area (Å²) < 4.78 is 0. The molecule has 1 heterocycles. The van der Waals surface area contributed by atoms with E-state index in [-0.39, 0.29) is 11.8 Å². The number of aromatic nitrogens is 1. The van der Waals surface area contributed by atoms with Crippen molar-refractivity contribution in [1.82, 2.24) is 4.98 Å². The third-order valence-corrected chi connectivity index (χ3v) is 3.46. The Bertz CT molecular complexity index is 869. The van der Waals surface area contributed by atoms with E-state index in [1.54, 1.807) is 18.2 Å². The van der Waals surface area contributed by atoms with E-state index in [9.17, 15) is 9.59 Å². The van der Waals surface area contributed by atoms with Gasteiger partial charge in [-0.05, 0) is 36.4 Å². The SMILES string of the molecule is CC(=O)Nc1cccc(-c2ccc(NC(=O)c3ccccc3)[nH]2)c1. The van der Waals surface area contributed by atoms with Crippen molar-refractivity contribution in [2.24, 2.45) is 0 Å². The number of carbonyl (C=O) groups is 2. The summed E-state index contributed by atoms with van der Waals surface area (Å²) in [5.74, 6) is 0.328. The first-order valence-electron chi connectivity index (χ1n) is 7.55. The van der Waals surface area contributed by atoms with Gasteiger partial charge in [0.25, 0.3) is 5.91 Å². The van der Waals surface area contributed by atoms with E-state index in [0.29, 0.717) is 11.4 Å². The number of hydrogen-bond donors (Lipinski definition) is 3. The average Bonchev–Trinajstić information content (AvgIpc) is 3.04. The van der Waals surface area contributed by atoms with Crippen molar-refractivity contribution >= 4 is 23.3 Å². The molecule has 0 unspecified atom stereocenters. The lowest BCUT2D eigenvalue weighted by atomic mass is 10.1. The number of rotatable bonds is 4. The van der Waals surface area contributed by atoms with Crippen LogP contribution < -0.4 is 10.6 Å². The molecule has 0 atom stereocenters. The van der Waals surface area contributed by atoms with Gasteiger partial charge in [0.05, 0.1) is 0 Å². The van der Waals surface area contributed by atoms with E-state index in [1.165, 1.54) is 6.92 Å². The lowest BCUT2D eigenvalue weighted by Crippen LogP contribution is -2.11. The van der Waals surface area contributed by atoms with E-state index in [4.69, 9.17) is 0 Å². The van der Waals surface area contributed by atoms with Crippen LogP contribution in [-0.2, 0) is 4.79 Å². The van der Waals surface area contributed by atoms with E-state index in [1.807, 2.05) is 48.5 Å². The maximum absolute atomic E-state index is 12.2. The van der Waals surface area contributed by atoms with Gasteiger partial charge < -0.3 is 15.6 Å². The van der Waals surface area contributed by atoms with Gasteiger partial charge in [0, 0.05) is 29.4 Å². The topological polar surface area (TPSA) is 74.0 Å². The highest BCUT2D eigenvalue weighted by Crippen LogP contribution is 2.23. The Labute approximate surface area is 139 Å². The minimum atomic E-state index is -0.170. The Balaban J connectivity index is 1.76. The van der Waals surface area contributed by atoms with E-state index in [2.05, 4.69) is 15.6 Å². The highest BCUT2D eigenvalue weighted by Gasteiger charge is 2.08. The second-order valence-electron chi connectivity index (χ2n) is 5.37. The number of aromatic amines is 1. The molecule has 5 nitrogen and oxygen atoms in total. The number of H-pyrrole nitrogens is 1. The molecule has 0 bridgehead atoms. The van der Waals surface area contributed by atoms with Gasteiger partial charge in [-0.3, -0.25) is 9.59 Å².